The number of aromatic nitrogens is 1. The minimum Gasteiger partial charge on any atom is -0.503 e. The minimum absolute atomic E-state index is 0.167. The topological polar surface area (TPSA) is 48.7 Å². The number of para-hydroxylation sites is 1. The van der Waals surface area contributed by atoms with Crippen LogP contribution in [0.3, 0.4) is 0 Å². The first kappa shape index (κ1) is 19.3. The van der Waals surface area contributed by atoms with Crippen LogP contribution in [0.25, 0.3) is 0 Å². The fraction of sp³-hybridized carbons (Fsp3) is 0.421. The zero-order chi connectivity index (χ0) is 19.8. The lowest BCUT2D eigenvalue weighted by Crippen LogP contribution is -2.51. The Morgan fingerprint density at radius 3 is 2.22 bits per heavy atom. The number of rotatable bonds is 3. The van der Waals surface area contributed by atoms with E-state index in [0.717, 1.165) is 11.8 Å². The van der Waals surface area contributed by atoms with E-state index < -0.39 is 29.1 Å². The monoisotopic (exact) mass is 381 g/mol. The number of hydrogen-bond donors (Lipinski definition) is 1. The summed E-state index contributed by atoms with van der Waals surface area (Å²) in [4.78, 5) is 15.2. The van der Waals surface area contributed by atoms with Gasteiger partial charge in [0.15, 0.2) is 11.8 Å². The fourth-order valence-corrected chi connectivity index (χ4v) is 3.56. The first-order chi connectivity index (χ1) is 12.7. The van der Waals surface area contributed by atoms with Gasteiger partial charge in [-0.2, -0.15) is 13.2 Å². The molecular weight excluding hydrogens is 359 g/mol. The molecule has 8 heteroatoms. The normalized spacial score (nSPS) is 17.1. The summed E-state index contributed by atoms with van der Waals surface area (Å²) in [5.74, 6) is -0.837. The molecule has 1 atom stereocenters. The predicted octanol–water partition coefficient (Wildman–Crippen LogP) is 2.82. The van der Waals surface area contributed by atoms with Crippen LogP contribution in [0.5, 0.6) is 5.75 Å². The fourth-order valence-electron chi connectivity index (χ4n) is 3.56. The Morgan fingerprint density at radius 1 is 1.07 bits per heavy atom. The van der Waals surface area contributed by atoms with Gasteiger partial charge in [0, 0.05) is 50.7 Å². The van der Waals surface area contributed by atoms with Gasteiger partial charge in [0.25, 0.3) is 0 Å². The number of anilines is 1. The van der Waals surface area contributed by atoms with Crippen molar-refractivity contribution in [2.75, 3.05) is 31.1 Å². The van der Waals surface area contributed by atoms with E-state index in [1.165, 1.54) is 16.5 Å². The highest BCUT2D eigenvalue weighted by Gasteiger charge is 2.48. The summed E-state index contributed by atoms with van der Waals surface area (Å²) in [6, 6.07) is 8.62. The third-order valence-corrected chi connectivity index (χ3v) is 5.08. The number of aromatic hydroxyl groups is 1. The van der Waals surface area contributed by atoms with Crippen LogP contribution in [0.2, 0.25) is 0 Å². The molecule has 1 aliphatic heterocycles. The molecule has 1 fully saturated rings. The molecule has 0 radical (unpaired) electrons. The highest BCUT2D eigenvalue weighted by Crippen LogP contribution is 2.40. The lowest BCUT2D eigenvalue weighted by Gasteiger charge is -2.41. The van der Waals surface area contributed by atoms with Crippen molar-refractivity contribution in [2.45, 2.75) is 19.1 Å². The second-order valence-corrected chi connectivity index (χ2v) is 6.75. The van der Waals surface area contributed by atoms with Gasteiger partial charge in [0.2, 0.25) is 5.43 Å². The lowest BCUT2D eigenvalue weighted by molar-refractivity contribution is -0.189. The molecule has 5 nitrogen and oxygen atoms in total. The molecule has 1 saturated heterocycles. The number of halogens is 3. The molecule has 0 bridgehead atoms. The molecule has 1 unspecified atom stereocenters. The summed E-state index contributed by atoms with van der Waals surface area (Å²) in [6.07, 6.45) is -4.62. The molecular formula is C19H22F3N3O2. The summed E-state index contributed by atoms with van der Waals surface area (Å²) < 4.78 is 43.1. The van der Waals surface area contributed by atoms with Crippen molar-refractivity contribution in [1.29, 1.82) is 0 Å². The van der Waals surface area contributed by atoms with Crippen LogP contribution in [0.1, 0.15) is 17.4 Å². The third-order valence-electron chi connectivity index (χ3n) is 5.08. The molecule has 1 aromatic carbocycles. The number of hydrogen-bond acceptors (Lipinski definition) is 4. The summed E-state index contributed by atoms with van der Waals surface area (Å²) in [5, 5.41) is 10.1. The largest absolute Gasteiger partial charge is 0.503 e. The van der Waals surface area contributed by atoms with Crippen molar-refractivity contribution in [3.05, 3.63) is 58.0 Å². The molecule has 146 valence electrons. The number of alkyl halides is 3. The van der Waals surface area contributed by atoms with E-state index in [1.54, 1.807) is 6.92 Å². The van der Waals surface area contributed by atoms with Crippen molar-refractivity contribution >= 4 is 5.69 Å². The second kappa shape index (κ2) is 7.26. The highest BCUT2D eigenvalue weighted by molar-refractivity contribution is 5.46. The average Bonchev–Trinajstić information content (AvgIpc) is 2.63. The van der Waals surface area contributed by atoms with Crippen molar-refractivity contribution in [3.63, 3.8) is 0 Å². The van der Waals surface area contributed by atoms with E-state index >= 15 is 0 Å². The number of benzene rings is 1. The Bertz CT molecular complexity index is 857. The summed E-state index contributed by atoms with van der Waals surface area (Å²) in [5.41, 5.74) is 0.134. The van der Waals surface area contributed by atoms with E-state index in [0.29, 0.717) is 18.8 Å². The molecule has 2 heterocycles. The molecule has 0 saturated carbocycles. The van der Waals surface area contributed by atoms with Gasteiger partial charge in [-0.3, -0.25) is 9.69 Å². The van der Waals surface area contributed by atoms with Gasteiger partial charge in [0.1, 0.15) is 0 Å². The smallest absolute Gasteiger partial charge is 0.409 e. The van der Waals surface area contributed by atoms with Gasteiger partial charge in [-0.25, -0.2) is 0 Å². The summed E-state index contributed by atoms with van der Waals surface area (Å²) in [7, 11) is 1.43. The summed E-state index contributed by atoms with van der Waals surface area (Å²) in [6.45, 7) is 2.74. The van der Waals surface area contributed by atoms with Crippen LogP contribution < -0.4 is 10.3 Å². The van der Waals surface area contributed by atoms with Gasteiger partial charge < -0.3 is 14.6 Å². The number of nitrogens with zero attached hydrogens (tertiary/aromatic N) is 3. The second-order valence-electron chi connectivity index (χ2n) is 6.75. The van der Waals surface area contributed by atoms with Crippen molar-refractivity contribution < 1.29 is 18.3 Å². The maximum atomic E-state index is 14.0. The van der Waals surface area contributed by atoms with Crippen LogP contribution in [-0.4, -0.2) is 46.9 Å². The number of pyridine rings is 1. The van der Waals surface area contributed by atoms with Crippen molar-refractivity contribution in [1.82, 2.24) is 9.47 Å². The van der Waals surface area contributed by atoms with Gasteiger partial charge >= 0.3 is 6.18 Å². The Morgan fingerprint density at radius 2 is 1.67 bits per heavy atom. The average molecular weight is 381 g/mol. The van der Waals surface area contributed by atoms with Crippen molar-refractivity contribution in [2.24, 2.45) is 7.05 Å². The molecule has 0 spiro atoms. The van der Waals surface area contributed by atoms with Gasteiger partial charge in [-0.15, -0.1) is 0 Å². The third kappa shape index (κ3) is 3.80. The van der Waals surface area contributed by atoms with E-state index in [2.05, 4.69) is 0 Å². The van der Waals surface area contributed by atoms with E-state index in [9.17, 15) is 23.1 Å². The van der Waals surface area contributed by atoms with Crippen LogP contribution in [-0.2, 0) is 7.05 Å². The number of piperazine rings is 1. The van der Waals surface area contributed by atoms with Crippen LogP contribution in [0.4, 0.5) is 18.9 Å². The van der Waals surface area contributed by atoms with Crippen molar-refractivity contribution in [3.8, 4) is 5.75 Å². The molecule has 3 rings (SSSR count). The van der Waals surface area contributed by atoms with E-state index in [-0.39, 0.29) is 13.1 Å². The molecule has 27 heavy (non-hydrogen) atoms. The first-order valence-corrected chi connectivity index (χ1v) is 8.70. The zero-order valence-electron chi connectivity index (χ0n) is 15.2. The minimum atomic E-state index is -4.62. The predicted molar refractivity (Wildman–Crippen MR) is 97.1 cm³/mol. The first-order valence-electron chi connectivity index (χ1n) is 8.70. The zero-order valence-corrected chi connectivity index (χ0v) is 15.2. The molecule has 2 aromatic rings. The summed E-state index contributed by atoms with van der Waals surface area (Å²) >= 11 is 0. The molecule has 0 aliphatic carbocycles. The maximum absolute atomic E-state index is 14.0. The molecule has 1 aromatic heterocycles. The number of aryl methyl sites for hydroxylation is 1. The molecule has 1 aliphatic rings. The Labute approximate surface area is 155 Å². The standard InChI is InChI=1S/C19H22F3N3O2/c1-13-12-15(26)17(27)16(23(13)2)18(19(20,21)22)25-10-8-24(9-11-25)14-6-4-3-5-7-14/h3-7,12,18,27H,8-11H2,1-2H3. The lowest BCUT2D eigenvalue weighted by atomic mass is 10.1. The van der Waals surface area contributed by atoms with E-state index in [4.69, 9.17) is 0 Å². The van der Waals surface area contributed by atoms with Crippen LogP contribution in [0.15, 0.2) is 41.2 Å². The van der Waals surface area contributed by atoms with Crippen LogP contribution in [0, 0.1) is 6.92 Å². The van der Waals surface area contributed by atoms with Gasteiger partial charge in [0.05, 0.1) is 5.69 Å². The highest BCUT2D eigenvalue weighted by atomic mass is 19.4. The SMILES string of the molecule is Cc1cc(=O)c(O)c(C(N2CCN(c3ccccc3)CC2)C(F)(F)F)n1C. The van der Waals surface area contributed by atoms with Gasteiger partial charge in [-0.1, -0.05) is 18.2 Å². The Kier molecular flexibility index (Phi) is 5.19. The quantitative estimate of drug-likeness (QED) is 0.888. The van der Waals surface area contributed by atoms with Crippen LogP contribution >= 0.6 is 0 Å². The van der Waals surface area contributed by atoms with Gasteiger partial charge in [-0.05, 0) is 19.1 Å². The Balaban J connectivity index is 1.92. The van der Waals surface area contributed by atoms with E-state index in [1.807, 2.05) is 35.2 Å². The molecule has 1 N–H and O–H groups in total. The molecule has 0 amide bonds. The Hall–Kier alpha value is -2.48. The maximum Gasteiger partial charge on any atom is 0.409 e.